The number of sulfonamides is 1. The molecule has 0 heterocycles. The van der Waals surface area contributed by atoms with Gasteiger partial charge in [-0.2, -0.15) is 0 Å². The van der Waals surface area contributed by atoms with Gasteiger partial charge >= 0.3 is 0 Å². The third-order valence-electron chi connectivity index (χ3n) is 3.66. The lowest BCUT2D eigenvalue weighted by Crippen LogP contribution is -2.17. The molecule has 0 aromatic heterocycles. The second kappa shape index (κ2) is 5.70. The summed E-state index contributed by atoms with van der Waals surface area (Å²) in [5.41, 5.74) is 3.99. The third-order valence-corrected chi connectivity index (χ3v) is 5.57. The van der Waals surface area contributed by atoms with Crippen LogP contribution in [0.25, 0.3) is 0 Å². The van der Waals surface area contributed by atoms with Gasteiger partial charge in [0.2, 0.25) is 0 Å². The first-order valence-electron chi connectivity index (χ1n) is 6.58. The zero-order valence-corrected chi connectivity index (χ0v) is 14.1. The number of halogens is 1. The standard InChI is InChI=1S/C16H18ClNO2S/c1-10-9-11(2)13(4)16(12(10)3)21(19,20)18-15-7-5-14(17)6-8-15/h5-9,18H,1-4H3. The van der Waals surface area contributed by atoms with Crippen molar-refractivity contribution in [2.24, 2.45) is 0 Å². The molecular formula is C16H18ClNO2S. The Bertz CT molecular complexity index is 755. The van der Waals surface area contributed by atoms with Gasteiger partial charge in [-0.3, -0.25) is 4.72 Å². The van der Waals surface area contributed by atoms with Gasteiger partial charge in [0.05, 0.1) is 4.90 Å². The molecule has 5 heteroatoms. The van der Waals surface area contributed by atoms with Crippen LogP contribution in [0.4, 0.5) is 5.69 Å². The van der Waals surface area contributed by atoms with Gasteiger partial charge in [-0.05, 0) is 74.2 Å². The van der Waals surface area contributed by atoms with Crippen molar-refractivity contribution < 1.29 is 8.42 Å². The van der Waals surface area contributed by atoms with Crippen LogP contribution >= 0.6 is 11.6 Å². The Morgan fingerprint density at radius 2 is 1.38 bits per heavy atom. The van der Waals surface area contributed by atoms with E-state index in [4.69, 9.17) is 11.6 Å². The number of rotatable bonds is 3. The molecule has 0 aliphatic heterocycles. The lowest BCUT2D eigenvalue weighted by Gasteiger charge is -2.16. The molecule has 0 aliphatic rings. The van der Waals surface area contributed by atoms with E-state index in [-0.39, 0.29) is 0 Å². The summed E-state index contributed by atoms with van der Waals surface area (Å²) in [6, 6.07) is 8.60. The molecule has 0 radical (unpaired) electrons. The predicted octanol–water partition coefficient (Wildman–Crippen LogP) is 4.37. The molecule has 21 heavy (non-hydrogen) atoms. The molecule has 0 spiro atoms. The van der Waals surface area contributed by atoms with E-state index < -0.39 is 10.0 Å². The summed E-state index contributed by atoms with van der Waals surface area (Å²) in [5, 5.41) is 0.566. The SMILES string of the molecule is Cc1cc(C)c(C)c(S(=O)(=O)Nc2ccc(Cl)cc2)c1C. The van der Waals surface area contributed by atoms with Crippen LogP contribution in [0, 0.1) is 27.7 Å². The first kappa shape index (κ1) is 15.9. The normalized spacial score (nSPS) is 11.5. The molecule has 0 amide bonds. The fourth-order valence-corrected chi connectivity index (χ4v) is 4.11. The van der Waals surface area contributed by atoms with Crippen LogP contribution in [-0.4, -0.2) is 8.42 Å². The van der Waals surface area contributed by atoms with E-state index in [9.17, 15) is 8.42 Å². The van der Waals surface area contributed by atoms with E-state index in [0.29, 0.717) is 15.6 Å². The quantitative estimate of drug-likeness (QED) is 0.911. The fourth-order valence-electron chi connectivity index (χ4n) is 2.31. The zero-order valence-electron chi connectivity index (χ0n) is 12.5. The molecule has 0 saturated carbocycles. The van der Waals surface area contributed by atoms with Gasteiger partial charge in [0.1, 0.15) is 0 Å². The maximum Gasteiger partial charge on any atom is 0.262 e. The lowest BCUT2D eigenvalue weighted by atomic mass is 10.0. The summed E-state index contributed by atoms with van der Waals surface area (Å²) in [5.74, 6) is 0. The van der Waals surface area contributed by atoms with Gasteiger partial charge in [0.25, 0.3) is 10.0 Å². The maximum absolute atomic E-state index is 12.7. The number of hydrogen-bond donors (Lipinski definition) is 1. The van der Waals surface area contributed by atoms with Crippen LogP contribution in [0.2, 0.25) is 5.02 Å². The summed E-state index contributed by atoms with van der Waals surface area (Å²) in [6.45, 7) is 7.50. The molecule has 2 aromatic rings. The van der Waals surface area contributed by atoms with Crippen molar-refractivity contribution in [2.75, 3.05) is 4.72 Å². The minimum Gasteiger partial charge on any atom is -0.280 e. The van der Waals surface area contributed by atoms with E-state index >= 15 is 0 Å². The third kappa shape index (κ3) is 3.22. The Labute approximate surface area is 131 Å². The number of hydrogen-bond acceptors (Lipinski definition) is 2. The van der Waals surface area contributed by atoms with E-state index in [1.807, 2.05) is 33.8 Å². The van der Waals surface area contributed by atoms with E-state index in [0.717, 1.165) is 22.3 Å². The predicted molar refractivity (Wildman–Crippen MR) is 87.7 cm³/mol. The van der Waals surface area contributed by atoms with E-state index in [1.54, 1.807) is 24.3 Å². The van der Waals surface area contributed by atoms with Crippen molar-refractivity contribution in [3.63, 3.8) is 0 Å². The number of anilines is 1. The fraction of sp³-hybridized carbons (Fsp3) is 0.250. The monoisotopic (exact) mass is 323 g/mol. The number of nitrogens with one attached hydrogen (secondary N) is 1. The summed E-state index contributed by atoms with van der Waals surface area (Å²) < 4.78 is 28.0. The van der Waals surface area contributed by atoms with Gasteiger partial charge < -0.3 is 0 Å². The number of benzene rings is 2. The van der Waals surface area contributed by atoms with Crippen molar-refractivity contribution in [3.05, 3.63) is 57.6 Å². The van der Waals surface area contributed by atoms with Crippen molar-refractivity contribution in [1.29, 1.82) is 0 Å². The second-order valence-corrected chi connectivity index (χ2v) is 7.26. The van der Waals surface area contributed by atoms with Crippen molar-refractivity contribution in [3.8, 4) is 0 Å². The number of aryl methyl sites for hydroxylation is 2. The van der Waals surface area contributed by atoms with E-state index in [1.165, 1.54) is 0 Å². The van der Waals surface area contributed by atoms with Crippen LogP contribution in [0.1, 0.15) is 22.3 Å². The largest absolute Gasteiger partial charge is 0.280 e. The minimum absolute atomic E-state index is 0.356. The summed E-state index contributed by atoms with van der Waals surface area (Å²) in [6.07, 6.45) is 0. The van der Waals surface area contributed by atoms with Crippen LogP contribution < -0.4 is 4.72 Å². The Hall–Kier alpha value is -1.52. The van der Waals surface area contributed by atoms with Crippen LogP contribution in [0.5, 0.6) is 0 Å². The highest BCUT2D eigenvalue weighted by Crippen LogP contribution is 2.28. The molecule has 2 rings (SSSR count). The molecule has 0 aliphatic carbocycles. The summed E-state index contributed by atoms with van der Waals surface area (Å²) in [4.78, 5) is 0.356. The van der Waals surface area contributed by atoms with Gasteiger partial charge in [0.15, 0.2) is 0 Å². The van der Waals surface area contributed by atoms with Crippen molar-refractivity contribution in [2.45, 2.75) is 32.6 Å². The van der Waals surface area contributed by atoms with Crippen molar-refractivity contribution >= 4 is 27.3 Å². The molecule has 1 N–H and O–H groups in total. The zero-order chi connectivity index (χ0) is 15.8. The Morgan fingerprint density at radius 1 is 0.905 bits per heavy atom. The molecule has 3 nitrogen and oxygen atoms in total. The molecular weight excluding hydrogens is 306 g/mol. The topological polar surface area (TPSA) is 46.2 Å². The highest BCUT2D eigenvalue weighted by Gasteiger charge is 2.22. The smallest absolute Gasteiger partial charge is 0.262 e. The van der Waals surface area contributed by atoms with Crippen LogP contribution in [0.15, 0.2) is 35.2 Å². The second-order valence-electron chi connectivity index (χ2n) is 5.20. The Balaban J connectivity index is 2.52. The molecule has 0 fully saturated rings. The highest BCUT2D eigenvalue weighted by molar-refractivity contribution is 7.92. The minimum atomic E-state index is -3.63. The maximum atomic E-state index is 12.7. The average molecular weight is 324 g/mol. The molecule has 0 bridgehead atoms. The molecule has 2 aromatic carbocycles. The van der Waals surface area contributed by atoms with Gasteiger partial charge in [-0.15, -0.1) is 0 Å². The molecule has 0 atom stereocenters. The Kier molecular flexibility index (Phi) is 4.30. The van der Waals surface area contributed by atoms with Gasteiger partial charge in [0, 0.05) is 10.7 Å². The van der Waals surface area contributed by atoms with Gasteiger partial charge in [-0.25, -0.2) is 8.42 Å². The highest BCUT2D eigenvalue weighted by atomic mass is 35.5. The summed E-state index contributed by atoms with van der Waals surface area (Å²) in [7, 11) is -3.63. The van der Waals surface area contributed by atoms with Crippen LogP contribution in [-0.2, 0) is 10.0 Å². The summed E-state index contributed by atoms with van der Waals surface area (Å²) >= 11 is 5.81. The first-order valence-corrected chi connectivity index (χ1v) is 8.44. The molecule has 112 valence electrons. The first-order chi connectivity index (χ1) is 9.72. The molecule has 0 saturated heterocycles. The van der Waals surface area contributed by atoms with Crippen LogP contribution in [0.3, 0.4) is 0 Å². The average Bonchev–Trinajstić information content (AvgIpc) is 2.39. The van der Waals surface area contributed by atoms with Crippen molar-refractivity contribution in [1.82, 2.24) is 0 Å². The molecule has 0 unspecified atom stereocenters. The lowest BCUT2D eigenvalue weighted by molar-refractivity contribution is 0.599. The Morgan fingerprint density at radius 3 is 1.86 bits per heavy atom. The van der Waals surface area contributed by atoms with E-state index in [2.05, 4.69) is 4.72 Å². The van der Waals surface area contributed by atoms with Gasteiger partial charge in [-0.1, -0.05) is 17.7 Å².